The Labute approximate surface area is 115 Å². The lowest BCUT2D eigenvalue weighted by Crippen LogP contribution is -2.32. The van der Waals surface area contributed by atoms with Gasteiger partial charge in [0.1, 0.15) is 0 Å². The first-order chi connectivity index (χ1) is 8.51. The molecule has 0 aliphatic carbocycles. The lowest BCUT2D eigenvalue weighted by molar-refractivity contribution is 0.588. The monoisotopic (exact) mass is 289 g/mol. The first-order valence-electron chi connectivity index (χ1n) is 6.14. The predicted octanol–water partition coefficient (Wildman–Crippen LogP) is 3.17. The highest BCUT2D eigenvalue weighted by atomic mass is 35.5. The van der Waals surface area contributed by atoms with E-state index >= 15 is 0 Å². The molecule has 3 nitrogen and oxygen atoms in total. The highest BCUT2D eigenvalue weighted by molar-refractivity contribution is 7.92. The van der Waals surface area contributed by atoms with Crippen LogP contribution in [0.5, 0.6) is 0 Å². The zero-order chi connectivity index (χ0) is 13.6. The summed E-state index contributed by atoms with van der Waals surface area (Å²) in [6, 6.07) is 7.54. The molecule has 0 amide bonds. The molecule has 0 radical (unpaired) electrons. The van der Waals surface area contributed by atoms with Crippen molar-refractivity contribution >= 4 is 27.3 Å². The molecule has 0 aliphatic rings. The summed E-state index contributed by atoms with van der Waals surface area (Å²) in [5.74, 6) is 0.660. The van der Waals surface area contributed by atoms with Crippen LogP contribution in [-0.2, 0) is 10.0 Å². The van der Waals surface area contributed by atoms with Gasteiger partial charge in [-0.25, -0.2) is 8.42 Å². The Morgan fingerprint density at radius 1 is 1.17 bits per heavy atom. The Balaban J connectivity index is 2.85. The second-order valence-electron chi connectivity index (χ2n) is 4.21. The maximum Gasteiger partial charge on any atom is 0.235 e. The molecule has 0 saturated heterocycles. The van der Waals surface area contributed by atoms with Crippen molar-refractivity contribution in [3.63, 3.8) is 0 Å². The molecule has 0 spiro atoms. The molecule has 0 N–H and O–H groups in total. The van der Waals surface area contributed by atoms with Crippen molar-refractivity contribution < 1.29 is 8.42 Å². The first-order valence-corrected chi connectivity index (χ1v) is 8.28. The largest absolute Gasteiger partial charge is 0.271 e. The van der Waals surface area contributed by atoms with Crippen molar-refractivity contribution in [2.75, 3.05) is 22.5 Å². The van der Waals surface area contributed by atoms with Gasteiger partial charge in [-0.15, -0.1) is 11.6 Å². The molecule has 1 aromatic rings. The molecule has 0 fully saturated rings. The zero-order valence-corrected chi connectivity index (χ0v) is 12.5. The minimum absolute atomic E-state index is 0.154. The smallest absolute Gasteiger partial charge is 0.235 e. The quantitative estimate of drug-likeness (QED) is 0.571. The molecule has 1 rings (SSSR count). The molecular formula is C13H20ClNO2S. The van der Waals surface area contributed by atoms with Crippen molar-refractivity contribution in [2.45, 2.75) is 26.7 Å². The Kier molecular flexibility index (Phi) is 5.96. The van der Waals surface area contributed by atoms with Gasteiger partial charge in [-0.1, -0.05) is 17.7 Å². The minimum Gasteiger partial charge on any atom is -0.271 e. The molecule has 0 bridgehead atoms. The van der Waals surface area contributed by atoms with Crippen LogP contribution >= 0.6 is 11.6 Å². The lowest BCUT2D eigenvalue weighted by atomic mass is 10.2. The fourth-order valence-electron chi connectivity index (χ4n) is 1.74. The number of sulfonamides is 1. The molecule has 18 heavy (non-hydrogen) atoms. The summed E-state index contributed by atoms with van der Waals surface area (Å²) in [5.41, 5.74) is 1.85. The van der Waals surface area contributed by atoms with Gasteiger partial charge < -0.3 is 0 Å². The number of alkyl halides is 1. The topological polar surface area (TPSA) is 37.4 Å². The first kappa shape index (κ1) is 15.3. The van der Waals surface area contributed by atoms with Crippen molar-refractivity contribution in [1.29, 1.82) is 0 Å². The second-order valence-corrected chi connectivity index (χ2v) is 6.60. The number of nitrogens with zero attached hydrogens (tertiary/aromatic N) is 1. The number of unbranched alkanes of at least 4 members (excludes halogenated alkanes) is 1. The van der Waals surface area contributed by atoms with Crippen molar-refractivity contribution in [2.24, 2.45) is 0 Å². The van der Waals surface area contributed by atoms with E-state index in [0.29, 0.717) is 18.8 Å². The molecule has 1 aromatic carbocycles. The number of anilines is 1. The van der Waals surface area contributed by atoms with E-state index in [0.717, 1.165) is 17.7 Å². The van der Waals surface area contributed by atoms with E-state index in [2.05, 4.69) is 0 Å². The van der Waals surface area contributed by atoms with E-state index in [1.165, 1.54) is 4.31 Å². The highest BCUT2D eigenvalue weighted by Gasteiger charge is 2.20. The predicted molar refractivity (Wildman–Crippen MR) is 77.9 cm³/mol. The normalized spacial score (nSPS) is 11.5. The summed E-state index contributed by atoms with van der Waals surface area (Å²) in [6.07, 6.45) is 1.33. The molecule has 5 heteroatoms. The van der Waals surface area contributed by atoms with Gasteiger partial charge in [0.25, 0.3) is 0 Å². The van der Waals surface area contributed by atoms with E-state index < -0.39 is 10.0 Å². The summed E-state index contributed by atoms with van der Waals surface area (Å²) in [6.45, 7) is 4.28. The molecule has 0 heterocycles. The summed E-state index contributed by atoms with van der Waals surface area (Å²) in [4.78, 5) is 0. The highest BCUT2D eigenvalue weighted by Crippen LogP contribution is 2.19. The molecule has 0 unspecified atom stereocenters. The fourth-order valence-corrected chi connectivity index (χ4v) is 3.55. The van der Waals surface area contributed by atoms with Crippen LogP contribution in [0.3, 0.4) is 0 Å². The zero-order valence-electron chi connectivity index (χ0n) is 10.9. The molecule has 0 atom stereocenters. The summed E-state index contributed by atoms with van der Waals surface area (Å²) in [7, 11) is -3.24. The number of hydrogen-bond donors (Lipinski definition) is 0. The van der Waals surface area contributed by atoms with Crippen LogP contribution in [0.1, 0.15) is 25.3 Å². The third-order valence-corrected chi connectivity index (χ3v) is 4.94. The number of benzene rings is 1. The Hall–Kier alpha value is -0.740. The molecule has 0 saturated carbocycles. The van der Waals surface area contributed by atoms with Crippen molar-refractivity contribution in [3.8, 4) is 0 Å². The van der Waals surface area contributed by atoms with E-state index in [1.807, 2.05) is 38.1 Å². The average Bonchev–Trinajstić information content (AvgIpc) is 2.32. The third kappa shape index (κ3) is 4.18. The third-order valence-electron chi connectivity index (χ3n) is 2.73. The van der Waals surface area contributed by atoms with Gasteiger partial charge in [-0.2, -0.15) is 0 Å². The molecule has 102 valence electrons. The maximum atomic E-state index is 12.2. The fraction of sp³-hybridized carbons (Fsp3) is 0.538. The standard InChI is InChI=1S/C13H20ClNO2S/c1-3-15(13-8-6-12(2)7-9-13)18(16,17)11-5-4-10-14/h6-9H,3-5,10-11H2,1-2H3. The lowest BCUT2D eigenvalue weighted by Gasteiger charge is -2.23. The van der Waals surface area contributed by atoms with E-state index in [9.17, 15) is 8.42 Å². The van der Waals surface area contributed by atoms with Gasteiger partial charge in [-0.3, -0.25) is 4.31 Å². The van der Waals surface area contributed by atoms with Gasteiger partial charge >= 0.3 is 0 Å². The van der Waals surface area contributed by atoms with Crippen LogP contribution in [0.4, 0.5) is 5.69 Å². The minimum atomic E-state index is -3.24. The SMILES string of the molecule is CCN(c1ccc(C)cc1)S(=O)(=O)CCCCCl. The second kappa shape index (κ2) is 7.00. The maximum absolute atomic E-state index is 12.2. The molecule has 0 aromatic heterocycles. The average molecular weight is 290 g/mol. The number of hydrogen-bond acceptors (Lipinski definition) is 2. The molecule has 0 aliphatic heterocycles. The van der Waals surface area contributed by atoms with Crippen LogP contribution in [0.15, 0.2) is 24.3 Å². The summed E-state index contributed by atoms with van der Waals surface area (Å²) < 4.78 is 25.9. The number of aryl methyl sites for hydroxylation is 1. The van der Waals surface area contributed by atoms with Crippen molar-refractivity contribution in [3.05, 3.63) is 29.8 Å². The van der Waals surface area contributed by atoms with Crippen LogP contribution in [-0.4, -0.2) is 26.6 Å². The Bertz CT molecular complexity index is 456. The van der Waals surface area contributed by atoms with Gasteiger partial charge in [0.05, 0.1) is 11.4 Å². The van der Waals surface area contributed by atoms with E-state index in [-0.39, 0.29) is 5.75 Å². The van der Waals surface area contributed by atoms with Gasteiger partial charge in [-0.05, 0) is 38.8 Å². The van der Waals surface area contributed by atoms with Gasteiger partial charge in [0.15, 0.2) is 0 Å². The summed E-state index contributed by atoms with van der Waals surface area (Å²) >= 11 is 5.57. The van der Waals surface area contributed by atoms with Crippen LogP contribution in [0.2, 0.25) is 0 Å². The van der Waals surface area contributed by atoms with E-state index in [4.69, 9.17) is 11.6 Å². The van der Waals surface area contributed by atoms with Crippen molar-refractivity contribution in [1.82, 2.24) is 0 Å². The summed E-state index contributed by atoms with van der Waals surface area (Å²) in [5, 5.41) is 0. The Morgan fingerprint density at radius 2 is 1.78 bits per heavy atom. The van der Waals surface area contributed by atoms with Gasteiger partial charge in [0, 0.05) is 12.4 Å². The van der Waals surface area contributed by atoms with Crippen LogP contribution < -0.4 is 4.31 Å². The Morgan fingerprint density at radius 3 is 2.28 bits per heavy atom. The van der Waals surface area contributed by atoms with Crippen LogP contribution in [0.25, 0.3) is 0 Å². The van der Waals surface area contributed by atoms with Gasteiger partial charge in [0.2, 0.25) is 10.0 Å². The number of halogens is 1. The van der Waals surface area contributed by atoms with E-state index in [1.54, 1.807) is 0 Å². The number of rotatable bonds is 7. The molecular weight excluding hydrogens is 270 g/mol. The van der Waals surface area contributed by atoms with Crippen LogP contribution in [0, 0.1) is 6.92 Å².